The summed E-state index contributed by atoms with van der Waals surface area (Å²) in [4.78, 5) is 14.3. The van der Waals surface area contributed by atoms with Crippen molar-refractivity contribution in [3.8, 4) is 0 Å². The zero-order valence-electron chi connectivity index (χ0n) is 13.6. The summed E-state index contributed by atoms with van der Waals surface area (Å²) >= 11 is 0. The average Bonchev–Trinajstić information content (AvgIpc) is 2.50. The molecule has 1 aliphatic rings. The molecule has 0 radical (unpaired) electrons. The van der Waals surface area contributed by atoms with Gasteiger partial charge in [0.2, 0.25) is 0 Å². The van der Waals surface area contributed by atoms with E-state index in [9.17, 15) is 4.79 Å². The Bertz CT molecular complexity index is 503. The number of likely N-dealkylation sites (tertiary alicyclic amines) is 1. The van der Waals surface area contributed by atoms with E-state index < -0.39 is 6.09 Å². The molecule has 0 aliphatic carbocycles. The van der Waals surface area contributed by atoms with Gasteiger partial charge in [0, 0.05) is 6.54 Å². The van der Waals surface area contributed by atoms with Crippen LogP contribution in [-0.2, 0) is 4.74 Å². The Morgan fingerprint density at radius 1 is 1.45 bits per heavy atom. The summed E-state index contributed by atoms with van der Waals surface area (Å²) in [5.74, 6) is 0.403. The van der Waals surface area contributed by atoms with Gasteiger partial charge in [-0.25, -0.2) is 4.79 Å². The van der Waals surface area contributed by atoms with Crippen molar-refractivity contribution in [3.05, 3.63) is 23.8 Å². The van der Waals surface area contributed by atoms with E-state index in [1.165, 1.54) is 6.42 Å². The number of para-hydroxylation sites is 1. The van der Waals surface area contributed by atoms with Crippen LogP contribution in [-0.4, -0.2) is 37.2 Å². The van der Waals surface area contributed by atoms with E-state index in [0.29, 0.717) is 23.9 Å². The number of nitrogens with zero attached hydrogens (tertiary/aromatic N) is 1. The lowest BCUT2D eigenvalue weighted by Gasteiger charge is -2.33. The predicted molar refractivity (Wildman–Crippen MR) is 90.2 cm³/mol. The molecule has 1 fully saturated rings. The molecule has 1 aromatic carbocycles. The topological polar surface area (TPSA) is 67.6 Å². The smallest absolute Gasteiger partial charge is 0.411 e. The Hall–Kier alpha value is -1.75. The standard InChI is InChI=1S/C17H27N3O2/c1-3-10-20-11-6-7-13(12-20)14-8-5-9-15(18)16(14)19-17(21)22-4-2/h5,8-9,13H,3-4,6-7,10-12,18H2,1-2H3,(H,19,21). The first-order valence-corrected chi connectivity index (χ1v) is 8.20. The number of nitrogen functional groups attached to an aromatic ring is 1. The van der Waals surface area contributed by atoms with E-state index in [1.807, 2.05) is 12.1 Å². The third-order valence-electron chi connectivity index (χ3n) is 4.12. The van der Waals surface area contributed by atoms with Gasteiger partial charge in [-0.2, -0.15) is 0 Å². The first-order valence-electron chi connectivity index (χ1n) is 8.20. The fourth-order valence-corrected chi connectivity index (χ4v) is 3.17. The van der Waals surface area contributed by atoms with Crippen LogP contribution in [0.4, 0.5) is 16.2 Å². The van der Waals surface area contributed by atoms with E-state index in [4.69, 9.17) is 10.5 Å². The van der Waals surface area contributed by atoms with Gasteiger partial charge in [-0.1, -0.05) is 19.1 Å². The number of carbonyl (C=O) groups excluding carboxylic acids is 1. The number of hydrogen-bond acceptors (Lipinski definition) is 4. The molecule has 3 N–H and O–H groups in total. The maximum absolute atomic E-state index is 11.8. The second-order valence-corrected chi connectivity index (χ2v) is 5.80. The molecule has 0 spiro atoms. The number of nitrogens with one attached hydrogen (secondary N) is 1. The summed E-state index contributed by atoms with van der Waals surface area (Å²) in [5.41, 5.74) is 8.51. The Morgan fingerprint density at radius 3 is 3.00 bits per heavy atom. The molecule has 1 amide bonds. The van der Waals surface area contributed by atoms with E-state index in [-0.39, 0.29) is 0 Å². The maximum atomic E-state index is 11.8. The molecule has 5 nitrogen and oxygen atoms in total. The minimum atomic E-state index is -0.442. The van der Waals surface area contributed by atoms with Gasteiger partial charge in [0.05, 0.1) is 18.0 Å². The van der Waals surface area contributed by atoms with Crippen LogP contribution in [0, 0.1) is 0 Å². The zero-order chi connectivity index (χ0) is 15.9. The lowest BCUT2D eigenvalue weighted by atomic mass is 9.89. The quantitative estimate of drug-likeness (QED) is 0.818. The minimum absolute atomic E-state index is 0.349. The molecule has 122 valence electrons. The highest BCUT2D eigenvalue weighted by Crippen LogP contribution is 2.35. The van der Waals surface area contributed by atoms with Crippen molar-refractivity contribution in [1.82, 2.24) is 4.90 Å². The molecule has 1 atom stereocenters. The fourth-order valence-electron chi connectivity index (χ4n) is 3.17. The van der Waals surface area contributed by atoms with E-state index in [0.717, 1.165) is 38.0 Å². The van der Waals surface area contributed by atoms with Crippen molar-refractivity contribution in [2.24, 2.45) is 0 Å². The van der Waals surface area contributed by atoms with E-state index in [1.54, 1.807) is 6.92 Å². The average molecular weight is 305 g/mol. The van der Waals surface area contributed by atoms with Gasteiger partial charge < -0.3 is 15.4 Å². The monoisotopic (exact) mass is 305 g/mol. The number of hydrogen-bond donors (Lipinski definition) is 2. The van der Waals surface area contributed by atoms with Crippen LogP contribution < -0.4 is 11.1 Å². The minimum Gasteiger partial charge on any atom is -0.450 e. The molecule has 1 heterocycles. The summed E-state index contributed by atoms with van der Waals surface area (Å²) in [7, 11) is 0. The summed E-state index contributed by atoms with van der Waals surface area (Å²) in [6.07, 6.45) is 3.03. The molecule has 2 rings (SSSR count). The maximum Gasteiger partial charge on any atom is 0.411 e. The first kappa shape index (κ1) is 16.6. The molecule has 5 heteroatoms. The number of anilines is 2. The van der Waals surface area contributed by atoms with Crippen molar-refractivity contribution < 1.29 is 9.53 Å². The van der Waals surface area contributed by atoms with Crippen molar-refractivity contribution >= 4 is 17.5 Å². The second-order valence-electron chi connectivity index (χ2n) is 5.80. The van der Waals surface area contributed by atoms with Crippen molar-refractivity contribution in [1.29, 1.82) is 0 Å². The molecule has 22 heavy (non-hydrogen) atoms. The summed E-state index contributed by atoms with van der Waals surface area (Å²) in [6, 6.07) is 5.84. The third kappa shape index (κ3) is 4.13. The molecular weight excluding hydrogens is 278 g/mol. The number of nitrogens with two attached hydrogens (primary N) is 1. The van der Waals surface area contributed by atoms with Gasteiger partial charge in [0.25, 0.3) is 0 Å². The number of rotatable bonds is 5. The highest BCUT2D eigenvalue weighted by atomic mass is 16.5. The Morgan fingerprint density at radius 2 is 2.27 bits per heavy atom. The van der Waals surface area contributed by atoms with Gasteiger partial charge in [-0.15, -0.1) is 0 Å². The number of amides is 1. The van der Waals surface area contributed by atoms with Crippen LogP contribution in [0.2, 0.25) is 0 Å². The molecule has 0 saturated carbocycles. The molecule has 0 bridgehead atoms. The van der Waals surface area contributed by atoms with Crippen molar-refractivity contribution in [3.63, 3.8) is 0 Å². The lowest BCUT2D eigenvalue weighted by Crippen LogP contribution is -2.35. The van der Waals surface area contributed by atoms with Gasteiger partial charge in [0.15, 0.2) is 0 Å². The van der Waals surface area contributed by atoms with Gasteiger partial charge in [0.1, 0.15) is 0 Å². The third-order valence-corrected chi connectivity index (χ3v) is 4.12. The van der Waals surface area contributed by atoms with E-state index in [2.05, 4.69) is 23.2 Å². The Balaban J connectivity index is 2.19. The largest absolute Gasteiger partial charge is 0.450 e. The predicted octanol–water partition coefficient (Wildman–Crippen LogP) is 3.43. The van der Waals surface area contributed by atoms with Crippen LogP contribution in [0.25, 0.3) is 0 Å². The Kier molecular flexibility index (Phi) is 6.07. The van der Waals surface area contributed by atoms with Crippen LogP contribution in [0.1, 0.15) is 44.6 Å². The number of piperidine rings is 1. The highest BCUT2D eigenvalue weighted by molar-refractivity contribution is 5.90. The number of carbonyl (C=O) groups is 1. The fraction of sp³-hybridized carbons (Fsp3) is 0.588. The number of benzene rings is 1. The van der Waals surface area contributed by atoms with Crippen LogP contribution in [0.3, 0.4) is 0 Å². The second kappa shape index (κ2) is 8.03. The highest BCUT2D eigenvalue weighted by Gasteiger charge is 2.24. The molecule has 0 aromatic heterocycles. The molecule has 1 aromatic rings. The van der Waals surface area contributed by atoms with Crippen molar-refractivity contribution in [2.45, 2.75) is 39.0 Å². The number of ether oxygens (including phenoxy) is 1. The molecule has 1 saturated heterocycles. The summed E-state index contributed by atoms with van der Waals surface area (Å²) in [5, 5.41) is 2.82. The molecule has 1 unspecified atom stereocenters. The lowest BCUT2D eigenvalue weighted by molar-refractivity contribution is 0.168. The zero-order valence-corrected chi connectivity index (χ0v) is 13.6. The first-order chi connectivity index (χ1) is 10.7. The van der Waals surface area contributed by atoms with Gasteiger partial charge >= 0.3 is 6.09 Å². The van der Waals surface area contributed by atoms with Crippen LogP contribution in [0.5, 0.6) is 0 Å². The summed E-state index contributed by atoms with van der Waals surface area (Å²) < 4.78 is 4.99. The van der Waals surface area contributed by atoms with Gasteiger partial charge in [-0.3, -0.25) is 5.32 Å². The SMILES string of the molecule is CCCN1CCCC(c2cccc(N)c2NC(=O)OCC)C1. The van der Waals surface area contributed by atoms with Crippen molar-refractivity contribution in [2.75, 3.05) is 37.3 Å². The summed E-state index contributed by atoms with van der Waals surface area (Å²) in [6.45, 7) is 7.65. The Labute approximate surface area is 132 Å². The molecule has 1 aliphatic heterocycles. The molecular formula is C17H27N3O2. The van der Waals surface area contributed by atoms with Gasteiger partial charge in [-0.05, 0) is 56.8 Å². The van der Waals surface area contributed by atoms with Crippen LogP contribution in [0.15, 0.2) is 18.2 Å². The van der Waals surface area contributed by atoms with E-state index >= 15 is 0 Å². The normalized spacial score (nSPS) is 18.9. The van der Waals surface area contributed by atoms with Crippen LogP contribution >= 0.6 is 0 Å².